The molecular formula is C11H9N5O2. The maximum absolute atomic E-state index is 11.5. The summed E-state index contributed by atoms with van der Waals surface area (Å²) in [5.74, 6) is -0.507. The number of nitrogens with two attached hydrogens (primary N) is 1. The first-order valence-electron chi connectivity index (χ1n) is 4.96. The second-order valence-electron chi connectivity index (χ2n) is 3.35. The number of nitriles is 1. The van der Waals surface area contributed by atoms with Gasteiger partial charge in [0, 0.05) is 0 Å². The summed E-state index contributed by atoms with van der Waals surface area (Å²) in [5, 5.41) is 12.6. The first-order chi connectivity index (χ1) is 8.67. The predicted molar refractivity (Wildman–Crippen MR) is 61.8 cm³/mol. The fourth-order valence-corrected chi connectivity index (χ4v) is 1.47. The number of aromatic nitrogens is 3. The number of esters is 1. The van der Waals surface area contributed by atoms with Crippen molar-refractivity contribution >= 4 is 11.7 Å². The summed E-state index contributed by atoms with van der Waals surface area (Å²) in [4.78, 5) is 15.2. The van der Waals surface area contributed by atoms with E-state index in [0.29, 0.717) is 5.69 Å². The number of carbonyl (C=O) groups is 1. The van der Waals surface area contributed by atoms with Gasteiger partial charge in [-0.15, -0.1) is 5.10 Å². The van der Waals surface area contributed by atoms with Crippen LogP contribution in [0.2, 0.25) is 0 Å². The number of benzene rings is 1. The summed E-state index contributed by atoms with van der Waals surface area (Å²) in [6, 6.07) is 6.67. The van der Waals surface area contributed by atoms with Gasteiger partial charge in [-0.1, -0.05) is 6.07 Å². The van der Waals surface area contributed by atoms with Crippen molar-refractivity contribution in [1.29, 1.82) is 5.26 Å². The summed E-state index contributed by atoms with van der Waals surface area (Å²) >= 11 is 0. The van der Waals surface area contributed by atoms with Crippen molar-refractivity contribution in [3.63, 3.8) is 0 Å². The van der Waals surface area contributed by atoms with E-state index in [4.69, 9.17) is 11.0 Å². The molecule has 1 heterocycles. The van der Waals surface area contributed by atoms with E-state index in [0.717, 1.165) is 0 Å². The molecule has 0 aliphatic heterocycles. The minimum absolute atomic E-state index is 0.0258. The van der Waals surface area contributed by atoms with Crippen LogP contribution in [0.4, 0.5) is 5.69 Å². The van der Waals surface area contributed by atoms with Crippen LogP contribution in [0.3, 0.4) is 0 Å². The lowest BCUT2D eigenvalue weighted by Gasteiger charge is -2.08. The van der Waals surface area contributed by atoms with Gasteiger partial charge in [0.05, 0.1) is 24.0 Å². The van der Waals surface area contributed by atoms with Crippen LogP contribution in [0.25, 0.3) is 5.69 Å². The molecule has 0 bridgehead atoms. The highest BCUT2D eigenvalue weighted by molar-refractivity contribution is 5.96. The molecule has 0 saturated carbocycles. The van der Waals surface area contributed by atoms with Crippen molar-refractivity contribution in [3.05, 3.63) is 35.9 Å². The molecule has 18 heavy (non-hydrogen) atoms. The minimum atomic E-state index is -0.532. The van der Waals surface area contributed by atoms with Crippen LogP contribution in [0.1, 0.15) is 16.2 Å². The molecule has 1 aromatic carbocycles. The van der Waals surface area contributed by atoms with Crippen molar-refractivity contribution in [2.45, 2.75) is 0 Å². The number of anilines is 1. The monoisotopic (exact) mass is 243 g/mol. The smallest absolute Gasteiger partial charge is 0.340 e. The lowest BCUT2D eigenvalue weighted by Crippen LogP contribution is -2.09. The molecule has 7 heteroatoms. The number of para-hydroxylation sites is 1. The van der Waals surface area contributed by atoms with Crippen LogP contribution in [0.5, 0.6) is 0 Å². The second-order valence-corrected chi connectivity index (χ2v) is 3.35. The largest absolute Gasteiger partial charge is 0.465 e. The van der Waals surface area contributed by atoms with Gasteiger partial charge in [-0.2, -0.15) is 5.26 Å². The highest BCUT2D eigenvalue weighted by Crippen LogP contribution is 2.21. The molecule has 0 radical (unpaired) electrons. The van der Waals surface area contributed by atoms with E-state index in [9.17, 15) is 4.79 Å². The average molecular weight is 243 g/mol. The van der Waals surface area contributed by atoms with E-state index in [2.05, 4.69) is 14.8 Å². The second kappa shape index (κ2) is 4.55. The van der Waals surface area contributed by atoms with Crippen molar-refractivity contribution in [1.82, 2.24) is 14.8 Å². The molecule has 0 aliphatic rings. The Morgan fingerprint density at radius 3 is 2.94 bits per heavy atom. The van der Waals surface area contributed by atoms with E-state index >= 15 is 0 Å². The number of carbonyl (C=O) groups excluding carboxylic acids is 1. The Balaban J connectivity index is 2.52. The molecule has 2 N–H and O–H groups in total. The van der Waals surface area contributed by atoms with E-state index in [1.807, 2.05) is 6.07 Å². The Labute approximate surface area is 102 Å². The van der Waals surface area contributed by atoms with Gasteiger partial charge in [0.25, 0.3) is 5.82 Å². The van der Waals surface area contributed by atoms with Crippen molar-refractivity contribution in [3.8, 4) is 11.8 Å². The average Bonchev–Trinajstić information content (AvgIpc) is 2.86. The van der Waals surface area contributed by atoms with Crippen LogP contribution in [-0.4, -0.2) is 27.8 Å². The topological polar surface area (TPSA) is 107 Å². The molecule has 0 spiro atoms. The summed E-state index contributed by atoms with van der Waals surface area (Å²) in [6.07, 6.45) is 1.35. The molecule has 0 saturated heterocycles. The van der Waals surface area contributed by atoms with Crippen LogP contribution in [-0.2, 0) is 4.74 Å². The molecule has 0 amide bonds. The summed E-state index contributed by atoms with van der Waals surface area (Å²) in [6.45, 7) is 0. The Bertz CT molecular complexity index is 641. The zero-order chi connectivity index (χ0) is 13.1. The van der Waals surface area contributed by atoms with Gasteiger partial charge in [0.15, 0.2) is 0 Å². The fourth-order valence-electron chi connectivity index (χ4n) is 1.47. The number of methoxy groups -OCH3 is 1. The molecule has 90 valence electrons. The molecule has 0 aliphatic carbocycles. The maximum Gasteiger partial charge on any atom is 0.340 e. The SMILES string of the molecule is COC(=O)c1cccc(-n2cnc(C#N)n2)c1N. The van der Waals surface area contributed by atoms with E-state index < -0.39 is 5.97 Å². The number of nitrogens with zero attached hydrogens (tertiary/aromatic N) is 4. The zero-order valence-corrected chi connectivity index (χ0v) is 9.49. The third-order valence-corrected chi connectivity index (χ3v) is 2.33. The number of hydrogen-bond acceptors (Lipinski definition) is 6. The van der Waals surface area contributed by atoms with Gasteiger partial charge < -0.3 is 10.5 Å². The first kappa shape index (κ1) is 11.6. The predicted octanol–water partition coefficient (Wildman–Crippen LogP) is 0.508. The normalized spacial score (nSPS) is 9.78. The Kier molecular flexibility index (Phi) is 2.93. The maximum atomic E-state index is 11.5. The number of ether oxygens (including phenoxy) is 1. The highest BCUT2D eigenvalue weighted by atomic mass is 16.5. The van der Waals surface area contributed by atoms with Crippen molar-refractivity contribution in [2.24, 2.45) is 0 Å². The van der Waals surface area contributed by atoms with Gasteiger partial charge in [0.2, 0.25) is 0 Å². The Morgan fingerprint density at radius 1 is 1.56 bits per heavy atom. The van der Waals surface area contributed by atoms with Gasteiger partial charge >= 0.3 is 5.97 Å². The van der Waals surface area contributed by atoms with E-state index in [1.165, 1.54) is 18.1 Å². The molecule has 0 atom stereocenters. The Hall–Kier alpha value is -2.88. The molecule has 7 nitrogen and oxygen atoms in total. The van der Waals surface area contributed by atoms with Gasteiger partial charge in [-0.3, -0.25) is 0 Å². The Morgan fingerprint density at radius 2 is 2.33 bits per heavy atom. The molecule has 0 fully saturated rings. The van der Waals surface area contributed by atoms with Crippen LogP contribution in [0, 0.1) is 11.3 Å². The van der Waals surface area contributed by atoms with Gasteiger partial charge in [0.1, 0.15) is 12.4 Å². The summed E-state index contributed by atoms with van der Waals surface area (Å²) in [7, 11) is 1.28. The molecule has 0 unspecified atom stereocenters. The highest BCUT2D eigenvalue weighted by Gasteiger charge is 2.14. The van der Waals surface area contributed by atoms with Gasteiger partial charge in [-0.25, -0.2) is 14.5 Å². The molecule has 1 aromatic heterocycles. The third-order valence-electron chi connectivity index (χ3n) is 2.33. The fraction of sp³-hybridized carbons (Fsp3) is 0.0909. The number of rotatable bonds is 2. The summed E-state index contributed by atoms with van der Waals surface area (Å²) in [5.41, 5.74) is 6.80. The van der Waals surface area contributed by atoms with Crippen molar-refractivity contribution in [2.75, 3.05) is 12.8 Å². The molecule has 2 aromatic rings. The first-order valence-corrected chi connectivity index (χ1v) is 4.96. The van der Waals surface area contributed by atoms with Crippen LogP contribution in [0.15, 0.2) is 24.5 Å². The van der Waals surface area contributed by atoms with Crippen LogP contribution >= 0.6 is 0 Å². The zero-order valence-electron chi connectivity index (χ0n) is 9.49. The number of hydrogen-bond donors (Lipinski definition) is 1. The molecule has 2 rings (SSSR count). The van der Waals surface area contributed by atoms with Crippen LogP contribution < -0.4 is 5.73 Å². The minimum Gasteiger partial charge on any atom is -0.465 e. The summed E-state index contributed by atoms with van der Waals surface area (Å²) < 4.78 is 5.95. The number of nitrogen functional groups attached to an aromatic ring is 1. The lowest BCUT2D eigenvalue weighted by molar-refractivity contribution is 0.0602. The van der Waals surface area contributed by atoms with E-state index in [1.54, 1.807) is 18.2 Å². The van der Waals surface area contributed by atoms with Gasteiger partial charge in [-0.05, 0) is 12.1 Å². The molecular weight excluding hydrogens is 234 g/mol. The van der Waals surface area contributed by atoms with Crippen molar-refractivity contribution < 1.29 is 9.53 Å². The third kappa shape index (κ3) is 1.87. The lowest BCUT2D eigenvalue weighted by atomic mass is 10.1. The van der Waals surface area contributed by atoms with E-state index in [-0.39, 0.29) is 17.1 Å². The standard InChI is InChI=1S/C11H9N5O2/c1-18-11(17)7-3-2-4-8(10(7)13)16-6-14-9(5-12)15-16/h2-4,6H,13H2,1H3. The quantitative estimate of drug-likeness (QED) is 0.608.